The van der Waals surface area contributed by atoms with E-state index in [1.807, 2.05) is 0 Å². The van der Waals surface area contributed by atoms with E-state index in [9.17, 15) is 9.59 Å². The topological polar surface area (TPSA) is 60.2 Å². The molecular weight excluding hydrogens is 214 g/mol. The Labute approximate surface area is 104 Å². The molecule has 0 heterocycles. The molecule has 0 saturated heterocycles. The van der Waals surface area contributed by atoms with Gasteiger partial charge in [0.1, 0.15) is 0 Å². The van der Waals surface area contributed by atoms with Crippen LogP contribution in [-0.2, 0) is 9.59 Å². The molecular formula is C14H23NO2. The van der Waals surface area contributed by atoms with Crippen molar-refractivity contribution < 1.29 is 9.59 Å². The number of hydrogen-bond donors (Lipinski definition) is 1. The van der Waals surface area contributed by atoms with Crippen LogP contribution in [-0.4, -0.2) is 17.6 Å². The lowest BCUT2D eigenvalue weighted by Crippen LogP contribution is -2.18. The summed E-state index contributed by atoms with van der Waals surface area (Å²) in [5.74, 6) is -0.875. The van der Waals surface area contributed by atoms with E-state index in [0.717, 1.165) is 0 Å². The van der Waals surface area contributed by atoms with Gasteiger partial charge in [-0.2, -0.15) is 0 Å². The van der Waals surface area contributed by atoms with Crippen LogP contribution in [0.25, 0.3) is 0 Å². The molecule has 96 valence electrons. The second-order valence-electron chi connectivity index (χ2n) is 4.14. The Bertz CT molecular complexity index is 271. The first-order valence-electron chi connectivity index (χ1n) is 6.30. The van der Waals surface area contributed by atoms with Crippen molar-refractivity contribution in [1.29, 1.82) is 0 Å². The van der Waals surface area contributed by atoms with Gasteiger partial charge in [-0.15, -0.1) is 0 Å². The van der Waals surface area contributed by atoms with E-state index in [4.69, 9.17) is 5.73 Å². The van der Waals surface area contributed by atoms with Gasteiger partial charge in [0, 0.05) is 6.04 Å². The zero-order valence-electron chi connectivity index (χ0n) is 10.8. The molecule has 3 nitrogen and oxygen atoms in total. The SMILES string of the molecule is CCCCC(N)CCC.O=C1C=CC=CC1=O. The molecule has 0 bridgehead atoms. The highest BCUT2D eigenvalue weighted by molar-refractivity contribution is 6.46. The van der Waals surface area contributed by atoms with Crippen LogP contribution in [0.1, 0.15) is 46.0 Å². The van der Waals surface area contributed by atoms with Gasteiger partial charge in [-0.25, -0.2) is 0 Å². The molecule has 0 amide bonds. The third kappa shape index (κ3) is 8.57. The molecule has 1 unspecified atom stereocenters. The van der Waals surface area contributed by atoms with E-state index >= 15 is 0 Å². The number of hydrogen-bond acceptors (Lipinski definition) is 3. The van der Waals surface area contributed by atoms with Crippen molar-refractivity contribution in [2.75, 3.05) is 0 Å². The fourth-order valence-corrected chi connectivity index (χ4v) is 1.43. The average Bonchev–Trinajstić information content (AvgIpc) is 2.32. The largest absolute Gasteiger partial charge is 0.328 e. The first kappa shape index (κ1) is 15.8. The number of unbranched alkanes of at least 4 members (excludes halogenated alkanes) is 1. The lowest BCUT2D eigenvalue weighted by molar-refractivity contribution is -0.131. The molecule has 1 aliphatic carbocycles. The normalized spacial score (nSPS) is 15.5. The van der Waals surface area contributed by atoms with Gasteiger partial charge in [-0.1, -0.05) is 45.3 Å². The summed E-state index contributed by atoms with van der Waals surface area (Å²) in [6.45, 7) is 4.39. The van der Waals surface area contributed by atoms with Crippen LogP contribution >= 0.6 is 0 Å². The highest BCUT2D eigenvalue weighted by Gasteiger charge is 2.06. The Hall–Kier alpha value is -1.22. The van der Waals surface area contributed by atoms with Crippen molar-refractivity contribution in [2.24, 2.45) is 5.73 Å². The molecule has 2 N–H and O–H groups in total. The predicted octanol–water partition coefficient (Wildman–Crippen LogP) is 2.55. The quantitative estimate of drug-likeness (QED) is 0.590. The fourth-order valence-electron chi connectivity index (χ4n) is 1.43. The molecule has 0 aliphatic heterocycles. The van der Waals surface area contributed by atoms with Crippen LogP contribution in [0, 0.1) is 0 Å². The predicted molar refractivity (Wildman–Crippen MR) is 70.7 cm³/mol. The molecule has 3 heteroatoms. The van der Waals surface area contributed by atoms with Gasteiger partial charge < -0.3 is 5.73 Å². The molecule has 0 radical (unpaired) electrons. The molecule has 1 aliphatic rings. The Kier molecular flexibility index (Phi) is 9.25. The Morgan fingerprint density at radius 2 is 1.53 bits per heavy atom. The van der Waals surface area contributed by atoms with Crippen LogP contribution in [0.5, 0.6) is 0 Å². The standard InChI is InChI=1S/C8H19N.C6H4O2/c1-3-5-7-8(9)6-4-2;7-5-3-1-2-4-6(5)8/h8H,3-7,9H2,1-2H3;1-4H. The van der Waals surface area contributed by atoms with Crippen LogP contribution in [0.15, 0.2) is 24.3 Å². The van der Waals surface area contributed by atoms with Crippen molar-refractivity contribution in [2.45, 2.75) is 52.0 Å². The maximum Gasteiger partial charge on any atom is 0.225 e. The van der Waals surface area contributed by atoms with Crippen LogP contribution in [0.3, 0.4) is 0 Å². The van der Waals surface area contributed by atoms with E-state index < -0.39 is 11.6 Å². The number of carbonyl (C=O) groups excluding carboxylic acids is 2. The molecule has 17 heavy (non-hydrogen) atoms. The summed E-state index contributed by atoms with van der Waals surface area (Å²) in [7, 11) is 0. The van der Waals surface area contributed by atoms with Crippen molar-refractivity contribution in [3.05, 3.63) is 24.3 Å². The van der Waals surface area contributed by atoms with Gasteiger partial charge in [0.25, 0.3) is 0 Å². The number of ketones is 2. The number of nitrogens with two attached hydrogens (primary N) is 1. The molecule has 0 aromatic heterocycles. The van der Waals surface area contributed by atoms with E-state index in [1.165, 1.54) is 44.3 Å². The second kappa shape index (κ2) is 9.97. The van der Waals surface area contributed by atoms with E-state index in [2.05, 4.69) is 13.8 Å². The summed E-state index contributed by atoms with van der Waals surface area (Å²) in [6.07, 6.45) is 11.8. The maximum absolute atomic E-state index is 10.3. The molecule has 1 atom stereocenters. The van der Waals surface area contributed by atoms with Gasteiger partial charge in [0.15, 0.2) is 0 Å². The number of allylic oxidation sites excluding steroid dienone is 4. The van der Waals surface area contributed by atoms with Gasteiger partial charge in [0.05, 0.1) is 0 Å². The van der Waals surface area contributed by atoms with E-state index in [1.54, 1.807) is 12.2 Å². The number of rotatable bonds is 5. The highest BCUT2D eigenvalue weighted by atomic mass is 16.2. The summed E-state index contributed by atoms with van der Waals surface area (Å²) in [6, 6.07) is 0.468. The van der Waals surface area contributed by atoms with Gasteiger partial charge in [0.2, 0.25) is 11.6 Å². The minimum absolute atomic E-state index is 0.437. The maximum atomic E-state index is 10.3. The molecule has 0 fully saturated rings. The van der Waals surface area contributed by atoms with Crippen LogP contribution in [0.2, 0.25) is 0 Å². The third-order valence-corrected chi connectivity index (χ3v) is 2.44. The van der Waals surface area contributed by atoms with Crippen molar-refractivity contribution in [1.82, 2.24) is 0 Å². The van der Waals surface area contributed by atoms with Crippen LogP contribution < -0.4 is 5.73 Å². The molecule has 0 spiro atoms. The Balaban J connectivity index is 0.000000302. The molecule has 0 aromatic carbocycles. The fraction of sp³-hybridized carbons (Fsp3) is 0.571. The summed E-state index contributed by atoms with van der Waals surface area (Å²) in [5.41, 5.74) is 5.77. The van der Waals surface area contributed by atoms with Crippen molar-refractivity contribution in [3.8, 4) is 0 Å². The first-order chi connectivity index (χ1) is 8.11. The smallest absolute Gasteiger partial charge is 0.225 e. The zero-order valence-corrected chi connectivity index (χ0v) is 10.8. The monoisotopic (exact) mass is 237 g/mol. The molecule has 0 aromatic rings. The van der Waals surface area contributed by atoms with Gasteiger partial charge in [-0.3, -0.25) is 9.59 Å². The summed E-state index contributed by atoms with van der Waals surface area (Å²) in [4.78, 5) is 20.6. The third-order valence-electron chi connectivity index (χ3n) is 2.44. The average molecular weight is 237 g/mol. The summed E-state index contributed by atoms with van der Waals surface area (Å²) >= 11 is 0. The summed E-state index contributed by atoms with van der Waals surface area (Å²) < 4.78 is 0. The lowest BCUT2D eigenvalue weighted by Gasteiger charge is -2.07. The zero-order chi connectivity index (χ0) is 13.1. The van der Waals surface area contributed by atoms with E-state index in [-0.39, 0.29) is 0 Å². The van der Waals surface area contributed by atoms with Crippen molar-refractivity contribution >= 4 is 11.6 Å². The molecule has 0 saturated carbocycles. The highest BCUT2D eigenvalue weighted by Crippen LogP contribution is 2.02. The first-order valence-corrected chi connectivity index (χ1v) is 6.30. The minimum atomic E-state index is -0.437. The lowest BCUT2D eigenvalue weighted by atomic mass is 10.1. The second-order valence-corrected chi connectivity index (χ2v) is 4.14. The minimum Gasteiger partial charge on any atom is -0.328 e. The summed E-state index contributed by atoms with van der Waals surface area (Å²) in [5, 5.41) is 0. The Morgan fingerprint density at radius 1 is 1.00 bits per heavy atom. The number of carbonyl (C=O) groups is 2. The van der Waals surface area contributed by atoms with E-state index in [0.29, 0.717) is 6.04 Å². The van der Waals surface area contributed by atoms with Crippen LogP contribution in [0.4, 0.5) is 0 Å². The van der Waals surface area contributed by atoms with Crippen molar-refractivity contribution in [3.63, 3.8) is 0 Å². The molecule has 1 rings (SSSR count). The van der Waals surface area contributed by atoms with Gasteiger partial charge in [-0.05, 0) is 25.0 Å². The van der Waals surface area contributed by atoms with Gasteiger partial charge >= 0.3 is 0 Å². The Morgan fingerprint density at radius 3 is 1.88 bits per heavy atom.